The third kappa shape index (κ3) is 1.01. The molecule has 2 rings (SSSR count). The smallest absolute Gasteiger partial charge is 0.0420 e. The van der Waals surface area contributed by atoms with Crippen LogP contribution in [0.25, 0.3) is 4.91 Å². The lowest BCUT2D eigenvalue weighted by atomic mass is 10.2. The number of benzene rings is 1. The summed E-state index contributed by atoms with van der Waals surface area (Å²) in [5.41, 5.74) is 1.29. The highest BCUT2D eigenvalue weighted by Crippen LogP contribution is 2.41. The second-order valence-corrected chi connectivity index (χ2v) is 2.72. The molecule has 1 heteroatoms. The van der Waals surface area contributed by atoms with Crippen molar-refractivity contribution >= 4 is 16.7 Å². The molecule has 43 valence electrons. The van der Waals surface area contributed by atoms with E-state index in [1.54, 1.807) is 11.8 Å². The summed E-state index contributed by atoms with van der Waals surface area (Å²) in [6.07, 6.45) is 0. The zero-order valence-electron chi connectivity index (χ0n) is 4.79. The number of rotatable bonds is 1. The lowest BCUT2D eigenvalue weighted by molar-refractivity contribution is 1.66. The predicted octanol–water partition coefficient (Wildman–Crippen LogP) is 2.53. The van der Waals surface area contributed by atoms with Crippen LogP contribution < -0.4 is 0 Å². The molecule has 9 heavy (non-hydrogen) atoms. The zero-order valence-corrected chi connectivity index (χ0v) is 5.61. The van der Waals surface area contributed by atoms with Crippen molar-refractivity contribution in [1.82, 2.24) is 0 Å². The molecule has 0 aliphatic carbocycles. The first kappa shape index (κ1) is 5.12. The minimum atomic E-state index is 1.29. The van der Waals surface area contributed by atoms with Gasteiger partial charge < -0.3 is 0 Å². The fourth-order valence-electron chi connectivity index (χ4n) is 0.733. The standard InChI is InChI=1S/C8H5S/c1-2-4-7(5-3-1)8-6-9-8/h1-5H. The molecule has 0 saturated carbocycles. The Hall–Kier alpha value is -0.690. The van der Waals surface area contributed by atoms with E-state index >= 15 is 0 Å². The summed E-state index contributed by atoms with van der Waals surface area (Å²) in [5, 5.41) is 3.08. The van der Waals surface area contributed by atoms with Gasteiger partial charge in [0.1, 0.15) is 0 Å². The van der Waals surface area contributed by atoms with Gasteiger partial charge in [-0.25, -0.2) is 0 Å². The summed E-state index contributed by atoms with van der Waals surface area (Å²) in [6.45, 7) is 0. The molecule has 1 aliphatic rings. The minimum Gasteiger partial charge on any atom is -0.0858 e. The van der Waals surface area contributed by atoms with Crippen LogP contribution >= 0.6 is 11.8 Å². The summed E-state index contributed by atoms with van der Waals surface area (Å²) in [7, 11) is 0. The lowest BCUT2D eigenvalue weighted by Crippen LogP contribution is -1.66. The van der Waals surface area contributed by atoms with Gasteiger partial charge in [-0.15, -0.1) is 0 Å². The van der Waals surface area contributed by atoms with Crippen molar-refractivity contribution < 1.29 is 0 Å². The molecule has 0 fully saturated rings. The second kappa shape index (κ2) is 1.92. The van der Waals surface area contributed by atoms with Gasteiger partial charge in [0, 0.05) is 10.3 Å². The first-order valence-electron chi connectivity index (χ1n) is 2.82. The summed E-state index contributed by atoms with van der Waals surface area (Å²) in [4.78, 5) is 1.29. The third-order valence-electron chi connectivity index (χ3n) is 1.24. The molecule has 0 saturated heterocycles. The summed E-state index contributed by atoms with van der Waals surface area (Å²) in [6, 6.07) is 10.3. The van der Waals surface area contributed by atoms with E-state index in [1.165, 1.54) is 10.5 Å². The monoisotopic (exact) mass is 133 g/mol. The van der Waals surface area contributed by atoms with Crippen LogP contribution in [0.3, 0.4) is 0 Å². The minimum absolute atomic E-state index is 1.29. The SMILES string of the molecule is [C]1=C(c2ccccc2)S1. The second-order valence-electron chi connectivity index (χ2n) is 1.90. The van der Waals surface area contributed by atoms with Crippen molar-refractivity contribution in [2.45, 2.75) is 0 Å². The number of thioether (sulfide) groups is 1. The Kier molecular flexibility index (Phi) is 1.09. The van der Waals surface area contributed by atoms with Crippen molar-refractivity contribution in [3.63, 3.8) is 0 Å². The van der Waals surface area contributed by atoms with E-state index in [0.29, 0.717) is 0 Å². The van der Waals surface area contributed by atoms with Crippen LogP contribution in [0, 0.1) is 5.41 Å². The van der Waals surface area contributed by atoms with Crippen LogP contribution in [0.5, 0.6) is 0 Å². The highest BCUT2D eigenvalue weighted by atomic mass is 32.2. The van der Waals surface area contributed by atoms with E-state index in [9.17, 15) is 0 Å². The Morgan fingerprint density at radius 3 is 2.33 bits per heavy atom. The van der Waals surface area contributed by atoms with Crippen molar-refractivity contribution in [2.75, 3.05) is 0 Å². The Balaban J connectivity index is 2.40. The first-order chi connectivity index (χ1) is 4.47. The van der Waals surface area contributed by atoms with Crippen molar-refractivity contribution in [2.24, 2.45) is 0 Å². The highest BCUT2D eigenvalue weighted by Gasteiger charge is 2.10. The molecular formula is C8H5S. The Labute approximate surface area is 58.6 Å². The van der Waals surface area contributed by atoms with Gasteiger partial charge >= 0.3 is 0 Å². The molecule has 1 aliphatic heterocycles. The van der Waals surface area contributed by atoms with Crippen LogP contribution in [0.15, 0.2) is 30.3 Å². The maximum Gasteiger partial charge on any atom is 0.0420 e. The Morgan fingerprint density at radius 1 is 1.11 bits per heavy atom. The molecule has 1 heterocycles. The van der Waals surface area contributed by atoms with Gasteiger partial charge in [0.15, 0.2) is 0 Å². The van der Waals surface area contributed by atoms with Crippen LogP contribution in [0.1, 0.15) is 5.56 Å². The van der Waals surface area contributed by atoms with Crippen LogP contribution in [-0.4, -0.2) is 0 Å². The average molecular weight is 133 g/mol. The molecule has 1 radical (unpaired) electrons. The molecule has 0 aromatic heterocycles. The molecular weight excluding hydrogens is 128 g/mol. The fourth-order valence-corrected chi connectivity index (χ4v) is 1.16. The third-order valence-corrected chi connectivity index (χ3v) is 1.88. The quantitative estimate of drug-likeness (QED) is 0.567. The predicted molar refractivity (Wildman–Crippen MR) is 40.7 cm³/mol. The van der Waals surface area contributed by atoms with Gasteiger partial charge in [0.05, 0.1) is 0 Å². The molecule has 0 bridgehead atoms. The maximum absolute atomic E-state index is 3.08. The van der Waals surface area contributed by atoms with Crippen LogP contribution in [0.4, 0.5) is 0 Å². The van der Waals surface area contributed by atoms with Crippen molar-refractivity contribution in [1.29, 1.82) is 0 Å². The normalized spacial score (nSPS) is 14.9. The van der Waals surface area contributed by atoms with Gasteiger partial charge in [0.2, 0.25) is 0 Å². The molecule has 0 unspecified atom stereocenters. The summed E-state index contributed by atoms with van der Waals surface area (Å²) < 4.78 is 0. The maximum atomic E-state index is 3.08. The van der Waals surface area contributed by atoms with E-state index in [4.69, 9.17) is 0 Å². The van der Waals surface area contributed by atoms with E-state index < -0.39 is 0 Å². The van der Waals surface area contributed by atoms with Crippen LogP contribution in [-0.2, 0) is 0 Å². The average Bonchev–Trinajstić information content (AvgIpc) is 2.71. The van der Waals surface area contributed by atoms with E-state index in [0.717, 1.165) is 0 Å². The van der Waals surface area contributed by atoms with E-state index in [2.05, 4.69) is 17.5 Å². The van der Waals surface area contributed by atoms with Gasteiger partial charge in [0.25, 0.3) is 0 Å². The largest absolute Gasteiger partial charge is 0.0858 e. The molecule has 0 spiro atoms. The molecule has 0 atom stereocenters. The van der Waals surface area contributed by atoms with Crippen molar-refractivity contribution in [3.05, 3.63) is 41.3 Å². The van der Waals surface area contributed by atoms with E-state index in [1.807, 2.05) is 18.2 Å². The topological polar surface area (TPSA) is 0 Å². The van der Waals surface area contributed by atoms with Crippen molar-refractivity contribution in [3.8, 4) is 0 Å². The molecule has 1 aromatic rings. The number of hydrogen-bond acceptors (Lipinski definition) is 1. The first-order valence-corrected chi connectivity index (χ1v) is 3.64. The fraction of sp³-hybridized carbons (Fsp3) is 0. The zero-order chi connectivity index (χ0) is 6.10. The number of hydrogen-bond donors (Lipinski definition) is 0. The lowest BCUT2D eigenvalue weighted by Gasteiger charge is -1.87. The van der Waals surface area contributed by atoms with Gasteiger partial charge in [-0.2, -0.15) is 0 Å². The van der Waals surface area contributed by atoms with E-state index in [-0.39, 0.29) is 0 Å². The molecule has 0 N–H and O–H groups in total. The summed E-state index contributed by atoms with van der Waals surface area (Å²) >= 11 is 1.69. The van der Waals surface area contributed by atoms with Gasteiger partial charge in [-0.1, -0.05) is 42.1 Å². The Morgan fingerprint density at radius 2 is 1.78 bits per heavy atom. The molecule has 0 amide bonds. The summed E-state index contributed by atoms with van der Waals surface area (Å²) in [5.74, 6) is 0. The highest BCUT2D eigenvalue weighted by molar-refractivity contribution is 8.17. The molecule has 1 aromatic carbocycles. The van der Waals surface area contributed by atoms with Crippen LogP contribution in [0.2, 0.25) is 0 Å². The van der Waals surface area contributed by atoms with Gasteiger partial charge in [-0.05, 0) is 5.56 Å². The molecule has 0 nitrogen and oxygen atoms in total. The van der Waals surface area contributed by atoms with Gasteiger partial charge in [-0.3, -0.25) is 0 Å². The Bertz CT molecular complexity index is 236.